The molecule has 0 saturated heterocycles. The van der Waals surface area contributed by atoms with Gasteiger partial charge in [0, 0.05) is 0 Å². The first-order valence-electron chi connectivity index (χ1n) is 1.74. The van der Waals surface area contributed by atoms with E-state index in [1.807, 2.05) is 12.1 Å². The van der Waals surface area contributed by atoms with Crippen molar-refractivity contribution in [3.8, 4) is 0 Å². The number of aromatic nitrogens is 1. The first-order valence-corrected chi connectivity index (χ1v) is 3.14. The van der Waals surface area contributed by atoms with E-state index >= 15 is 0 Å². The van der Waals surface area contributed by atoms with Gasteiger partial charge in [-0.05, 0) is 0 Å². The van der Waals surface area contributed by atoms with Gasteiger partial charge in [-0.2, -0.15) is 0 Å². The number of hydrogen-bond donors (Lipinski definition) is 0. The van der Waals surface area contributed by atoms with Gasteiger partial charge in [-0.25, -0.2) is 0 Å². The van der Waals surface area contributed by atoms with Crippen LogP contribution in [0.1, 0.15) is 0 Å². The van der Waals surface area contributed by atoms with Gasteiger partial charge in [0.2, 0.25) is 0 Å². The van der Waals surface area contributed by atoms with Crippen LogP contribution in [0.4, 0.5) is 0 Å². The maximum atomic E-state index is 2.14. The quantitative estimate of drug-likeness (QED) is 0.591. The van der Waals surface area contributed by atoms with Crippen LogP contribution in [0.25, 0.3) is 0 Å². The average Bonchev–Trinajstić information content (AvgIpc) is 1.86. The molecule has 1 rings (SSSR count). The Hall–Kier alpha value is 0.657. The molecular weight excluding hydrogens is 202 g/mol. The molecule has 0 atom stereocenters. The minimum atomic E-state index is 1.11. The van der Waals surface area contributed by atoms with E-state index in [1.54, 1.807) is 0 Å². The number of rotatable bonds is 0. The summed E-state index contributed by atoms with van der Waals surface area (Å²) in [5.41, 5.74) is 0. The molecule has 2 heteroatoms. The first-order chi connectivity index (χ1) is 2.89. The van der Waals surface area contributed by atoms with Gasteiger partial charge < -0.3 is 0 Å². The van der Waals surface area contributed by atoms with Gasteiger partial charge in [-0.1, -0.05) is 0 Å². The normalized spacial score (nSPS) is 8.50. The van der Waals surface area contributed by atoms with E-state index in [1.165, 1.54) is 0 Å². The van der Waals surface area contributed by atoms with E-state index in [0.29, 0.717) is 0 Å². The van der Waals surface area contributed by atoms with Crippen LogP contribution in [0, 0.1) is 40.0 Å². The predicted octanol–water partition coefficient (Wildman–Crippen LogP) is 0.800. The van der Waals surface area contributed by atoms with Crippen LogP contribution in [0.5, 0.6) is 0 Å². The summed E-state index contributed by atoms with van der Waals surface area (Å²) in [7, 11) is 0. The van der Waals surface area contributed by atoms with Gasteiger partial charge in [0.25, 0.3) is 0 Å². The van der Waals surface area contributed by atoms with Crippen LogP contribution in [0.15, 0.2) is 24.5 Å². The summed E-state index contributed by atoms with van der Waals surface area (Å²) in [6.07, 6.45) is 4.12. The second kappa shape index (κ2) is 2.09. The van der Waals surface area contributed by atoms with Gasteiger partial charge in [-0.3, -0.25) is 0 Å². The molecule has 1 aromatic heterocycles. The summed E-state index contributed by atoms with van der Waals surface area (Å²) in [6.45, 7) is 0. The molecule has 0 aliphatic rings. The Labute approximate surface area is 64.4 Å². The zero-order valence-electron chi connectivity index (χ0n) is 3.26. The molecule has 0 fully saturated rings. The fourth-order valence-corrected chi connectivity index (χ4v) is 0.875. The van der Waals surface area contributed by atoms with Crippen LogP contribution in [-0.4, -0.2) is 0.530 Å². The Balaban J connectivity index is 3.05. The third kappa shape index (κ3) is 1.06. The van der Waals surface area contributed by atoms with Gasteiger partial charge in [-0.15, -0.1) is 0 Å². The number of nitrogens with zero attached hydrogens (tertiary/aromatic N) is 1. The third-order valence-electron chi connectivity index (χ3n) is 0.604. The van der Waals surface area contributed by atoms with Crippen LogP contribution < -0.4 is 0 Å². The summed E-state index contributed by atoms with van der Waals surface area (Å²) in [5, 5.41) is 0. The molecule has 0 bridgehead atoms. The molecule has 0 unspecified atom stereocenters. The van der Waals surface area contributed by atoms with Crippen LogP contribution >= 0.6 is 0 Å². The molecule has 0 aliphatic carbocycles. The SMILES string of the molecule is [Ce][n]1cccc1. The Kier molecular flexibility index (Phi) is 1.68. The molecule has 0 N–H and O–H groups in total. The van der Waals surface area contributed by atoms with Gasteiger partial charge in [0.1, 0.15) is 0 Å². The molecule has 0 aromatic carbocycles. The molecule has 0 spiro atoms. The standard InChI is InChI=1S/C4H4N.Ce/c1-2-4-5-3-1;/h1-4H;/q-1;+1. The fraction of sp³-hybridized carbons (Fsp3) is 0. The van der Waals surface area contributed by atoms with E-state index < -0.39 is 0 Å². The van der Waals surface area contributed by atoms with Crippen molar-refractivity contribution in [2.75, 3.05) is 0 Å². The maximum absolute atomic E-state index is 2.14. The minimum absolute atomic E-state index is 1.11. The molecule has 0 amide bonds. The van der Waals surface area contributed by atoms with Crippen LogP contribution in [0.3, 0.4) is 0 Å². The molecule has 0 radical (unpaired) electrons. The zero-order valence-corrected chi connectivity index (χ0v) is 6.40. The van der Waals surface area contributed by atoms with E-state index in [9.17, 15) is 0 Å². The first kappa shape index (κ1) is 4.81. The van der Waals surface area contributed by atoms with Gasteiger partial charge >= 0.3 is 65.1 Å². The summed E-state index contributed by atoms with van der Waals surface area (Å²) in [6, 6.07) is 4.07. The van der Waals surface area contributed by atoms with Crippen molar-refractivity contribution in [1.82, 2.24) is 0.530 Å². The van der Waals surface area contributed by atoms with Crippen molar-refractivity contribution in [3.63, 3.8) is 0 Å². The van der Waals surface area contributed by atoms with E-state index in [-0.39, 0.29) is 0 Å². The Bertz CT molecular complexity index is 111. The summed E-state index contributed by atoms with van der Waals surface area (Å²) < 4.78 is 2.14. The van der Waals surface area contributed by atoms with E-state index in [0.717, 1.165) is 40.0 Å². The zero-order chi connectivity index (χ0) is 4.41. The Morgan fingerprint density at radius 2 is 1.67 bits per heavy atom. The molecular formula is C4H4CeN. The molecule has 1 heterocycles. The van der Waals surface area contributed by atoms with Crippen molar-refractivity contribution in [2.24, 2.45) is 0 Å². The van der Waals surface area contributed by atoms with Crippen molar-refractivity contribution in [3.05, 3.63) is 24.5 Å². The molecule has 1 aromatic rings. The molecule has 0 aliphatic heterocycles. The summed E-state index contributed by atoms with van der Waals surface area (Å²) in [4.78, 5) is 0. The van der Waals surface area contributed by atoms with Crippen LogP contribution in [-0.2, 0) is 0 Å². The molecule has 0 saturated carbocycles. The van der Waals surface area contributed by atoms with Crippen molar-refractivity contribution in [2.45, 2.75) is 0 Å². The fourth-order valence-electron chi connectivity index (χ4n) is 0.335. The Morgan fingerprint density at radius 3 is 1.83 bits per heavy atom. The third-order valence-corrected chi connectivity index (χ3v) is 1.54. The molecule has 29 valence electrons. The van der Waals surface area contributed by atoms with E-state index in [2.05, 4.69) is 12.9 Å². The van der Waals surface area contributed by atoms with Gasteiger partial charge in [0.05, 0.1) is 0 Å². The molecule has 6 heavy (non-hydrogen) atoms. The Morgan fingerprint density at radius 1 is 1.17 bits per heavy atom. The summed E-state index contributed by atoms with van der Waals surface area (Å²) in [5.74, 6) is 0. The monoisotopic (exact) mass is 206 g/mol. The molecule has 1 nitrogen and oxygen atoms in total. The van der Waals surface area contributed by atoms with Crippen molar-refractivity contribution < 1.29 is 40.0 Å². The van der Waals surface area contributed by atoms with Crippen molar-refractivity contribution >= 4 is 0 Å². The average molecular weight is 206 g/mol. The predicted molar refractivity (Wildman–Crippen MR) is 19.8 cm³/mol. The second-order valence-corrected chi connectivity index (χ2v) is 2.71. The van der Waals surface area contributed by atoms with E-state index in [4.69, 9.17) is 0 Å². The van der Waals surface area contributed by atoms with Crippen molar-refractivity contribution in [1.29, 1.82) is 0 Å². The second-order valence-electron chi connectivity index (χ2n) is 1.09. The van der Waals surface area contributed by atoms with Gasteiger partial charge in [0.15, 0.2) is 0 Å². The van der Waals surface area contributed by atoms with Crippen LogP contribution in [0.2, 0.25) is 0 Å². The number of hydrogen-bond acceptors (Lipinski definition) is 0. The topological polar surface area (TPSA) is 4.93 Å². The summed E-state index contributed by atoms with van der Waals surface area (Å²) >= 11 is 1.11.